The van der Waals surface area contributed by atoms with Crippen molar-refractivity contribution in [2.75, 3.05) is 13.2 Å². The first-order valence-electron chi connectivity index (χ1n) is 6.88. The maximum Gasteiger partial charge on any atom is 0.184 e. The van der Waals surface area contributed by atoms with Gasteiger partial charge in [-0.1, -0.05) is 26.2 Å². The topological polar surface area (TPSA) is 18.5 Å². The van der Waals surface area contributed by atoms with Crippen molar-refractivity contribution in [3.8, 4) is 0 Å². The van der Waals surface area contributed by atoms with Gasteiger partial charge in [0.1, 0.15) is 11.6 Å². The minimum Gasteiger partial charge on any atom is -0.348 e. The summed E-state index contributed by atoms with van der Waals surface area (Å²) in [6.07, 6.45) is 4.02. The average molecular weight is 270 g/mol. The molecule has 0 N–H and O–H groups in total. The fraction of sp³-hybridized carbons (Fsp3) is 0.600. The zero-order valence-corrected chi connectivity index (χ0v) is 11.2. The van der Waals surface area contributed by atoms with Gasteiger partial charge in [-0.2, -0.15) is 0 Å². The first-order valence-corrected chi connectivity index (χ1v) is 6.88. The van der Waals surface area contributed by atoms with E-state index in [0.717, 1.165) is 12.5 Å². The summed E-state index contributed by atoms with van der Waals surface area (Å²) in [6, 6.07) is 3.36. The fourth-order valence-corrected chi connectivity index (χ4v) is 2.30. The van der Waals surface area contributed by atoms with Crippen LogP contribution in [0.2, 0.25) is 0 Å². The molecule has 1 fully saturated rings. The van der Waals surface area contributed by atoms with Gasteiger partial charge in [0.25, 0.3) is 0 Å². The van der Waals surface area contributed by atoms with Crippen molar-refractivity contribution in [2.24, 2.45) is 5.92 Å². The molecule has 0 unspecified atom stereocenters. The number of hydrogen-bond acceptors (Lipinski definition) is 2. The van der Waals surface area contributed by atoms with Crippen LogP contribution in [-0.4, -0.2) is 13.2 Å². The van der Waals surface area contributed by atoms with Gasteiger partial charge in [0, 0.05) is 17.5 Å². The van der Waals surface area contributed by atoms with E-state index in [4.69, 9.17) is 9.47 Å². The van der Waals surface area contributed by atoms with E-state index in [9.17, 15) is 8.78 Å². The molecule has 1 aliphatic rings. The minimum absolute atomic E-state index is 0.390. The standard InChI is InChI=1S/C15H20F2O2/c1-2-3-4-5-11-9-18-15(19-10-11)12-6-13(16)8-14(17)7-12/h6-8,11,15H,2-5,9-10H2,1H3. The monoisotopic (exact) mass is 270 g/mol. The molecule has 0 atom stereocenters. The summed E-state index contributed by atoms with van der Waals surface area (Å²) in [7, 11) is 0. The highest BCUT2D eigenvalue weighted by Crippen LogP contribution is 2.28. The maximum absolute atomic E-state index is 13.1. The van der Waals surface area contributed by atoms with Crippen molar-refractivity contribution >= 4 is 0 Å². The molecule has 2 rings (SSSR count). The van der Waals surface area contributed by atoms with Gasteiger partial charge < -0.3 is 9.47 Å². The highest BCUT2D eigenvalue weighted by molar-refractivity contribution is 5.19. The zero-order valence-electron chi connectivity index (χ0n) is 11.2. The Morgan fingerprint density at radius 1 is 1.05 bits per heavy atom. The maximum atomic E-state index is 13.1. The second kappa shape index (κ2) is 6.96. The Bertz CT molecular complexity index is 381. The number of rotatable bonds is 5. The molecule has 1 heterocycles. The van der Waals surface area contributed by atoms with Crippen molar-refractivity contribution in [3.63, 3.8) is 0 Å². The third kappa shape index (κ3) is 4.25. The van der Waals surface area contributed by atoms with Crippen molar-refractivity contribution in [2.45, 2.75) is 38.9 Å². The largest absolute Gasteiger partial charge is 0.348 e. The second-order valence-electron chi connectivity index (χ2n) is 5.06. The highest BCUT2D eigenvalue weighted by Gasteiger charge is 2.24. The van der Waals surface area contributed by atoms with Crippen LogP contribution in [0, 0.1) is 17.6 Å². The fourth-order valence-electron chi connectivity index (χ4n) is 2.30. The summed E-state index contributed by atoms with van der Waals surface area (Å²) in [5.41, 5.74) is 0.407. The number of ether oxygens (including phenoxy) is 2. The molecule has 1 aromatic rings. The molecular weight excluding hydrogens is 250 g/mol. The molecular formula is C15H20F2O2. The summed E-state index contributed by atoms with van der Waals surface area (Å²) in [5, 5.41) is 0. The van der Waals surface area contributed by atoms with E-state index in [1.54, 1.807) is 0 Å². The number of hydrogen-bond donors (Lipinski definition) is 0. The molecule has 0 saturated carbocycles. The van der Waals surface area contributed by atoms with Gasteiger partial charge >= 0.3 is 0 Å². The van der Waals surface area contributed by atoms with E-state index in [-0.39, 0.29) is 0 Å². The molecule has 1 aliphatic heterocycles. The van der Waals surface area contributed by atoms with Gasteiger partial charge in [0.15, 0.2) is 6.29 Å². The molecule has 0 aromatic heterocycles. The molecule has 0 radical (unpaired) electrons. The molecule has 0 spiro atoms. The average Bonchev–Trinajstić information content (AvgIpc) is 2.39. The van der Waals surface area contributed by atoms with Gasteiger partial charge in [0.05, 0.1) is 13.2 Å². The van der Waals surface area contributed by atoms with Crippen LogP contribution in [0.5, 0.6) is 0 Å². The van der Waals surface area contributed by atoms with Gasteiger partial charge in [-0.25, -0.2) is 8.78 Å². The molecule has 2 nitrogen and oxygen atoms in total. The normalized spacial score (nSPS) is 23.5. The van der Waals surface area contributed by atoms with E-state index >= 15 is 0 Å². The van der Waals surface area contributed by atoms with Crippen molar-refractivity contribution in [1.29, 1.82) is 0 Å². The predicted molar refractivity (Wildman–Crippen MR) is 68.6 cm³/mol. The molecule has 0 amide bonds. The third-order valence-electron chi connectivity index (χ3n) is 3.34. The molecule has 0 bridgehead atoms. The van der Waals surface area contributed by atoms with Crippen molar-refractivity contribution in [3.05, 3.63) is 35.4 Å². The lowest BCUT2D eigenvalue weighted by Crippen LogP contribution is -2.27. The van der Waals surface area contributed by atoms with Crippen LogP contribution >= 0.6 is 0 Å². The first kappa shape index (κ1) is 14.4. The van der Waals surface area contributed by atoms with Gasteiger partial charge in [-0.05, 0) is 18.6 Å². The van der Waals surface area contributed by atoms with Gasteiger partial charge in [-0.3, -0.25) is 0 Å². The van der Waals surface area contributed by atoms with Crippen LogP contribution < -0.4 is 0 Å². The van der Waals surface area contributed by atoms with Gasteiger partial charge in [-0.15, -0.1) is 0 Å². The summed E-state index contributed by atoms with van der Waals surface area (Å²) in [5.74, 6) is -0.819. The number of benzene rings is 1. The third-order valence-corrected chi connectivity index (χ3v) is 3.34. The van der Waals surface area contributed by atoms with Gasteiger partial charge in [0.2, 0.25) is 0 Å². The van der Waals surface area contributed by atoms with Crippen LogP contribution in [0.4, 0.5) is 8.78 Å². The van der Waals surface area contributed by atoms with Crippen molar-refractivity contribution < 1.29 is 18.3 Å². The molecule has 1 aromatic carbocycles. The Balaban J connectivity index is 1.85. The molecule has 106 valence electrons. The molecule has 19 heavy (non-hydrogen) atoms. The summed E-state index contributed by atoms with van der Waals surface area (Å²) in [4.78, 5) is 0. The van der Waals surface area contributed by atoms with E-state index in [2.05, 4.69) is 6.92 Å². The van der Waals surface area contributed by atoms with E-state index in [1.807, 2.05) is 0 Å². The lowest BCUT2D eigenvalue weighted by Gasteiger charge is -2.29. The smallest absolute Gasteiger partial charge is 0.184 e. The Hall–Kier alpha value is -1.00. The Morgan fingerprint density at radius 2 is 1.68 bits per heavy atom. The Morgan fingerprint density at radius 3 is 2.26 bits per heavy atom. The molecule has 4 heteroatoms. The molecule has 1 saturated heterocycles. The SMILES string of the molecule is CCCCCC1COC(c2cc(F)cc(F)c2)OC1. The quantitative estimate of drug-likeness (QED) is 0.746. The lowest BCUT2D eigenvalue weighted by atomic mass is 10.0. The van der Waals surface area contributed by atoms with E-state index < -0.39 is 17.9 Å². The Kier molecular flexibility index (Phi) is 5.28. The first-order chi connectivity index (χ1) is 9.19. The van der Waals surface area contributed by atoms with Crippen LogP contribution in [0.25, 0.3) is 0 Å². The van der Waals surface area contributed by atoms with Crippen LogP contribution in [0.1, 0.15) is 44.5 Å². The summed E-state index contributed by atoms with van der Waals surface area (Å²) >= 11 is 0. The number of unbranched alkanes of at least 4 members (excludes halogenated alkanes) is 2. The number of halogens is 2. The lowest BCUT2D eigenvalue weighted by molar-refractivity contribution is -0.206. The summed E-state index contributed by atoms with van der Waals surface area (Å²) < 4.78 is 37.4. The van der Waals surface area contributed by atoms with Crippen molar-refractivity contribution in [1.82, 2.24) is 0 Å². The zero-order chi connectivity index (χ0) is 13.7. The highest BCUT2D eigenvalue weighted by atomic mass is 19.1. The van der Waals surface area contributed by atoms with E-state index in [1.165, 1.54) is 31.4 Å². The van der Waals surface area contributed by atoms with Crippen LogP contribution in [0.15, 0.2) is 18.2 Å². The van der Waals surface area contributed by atoms with Crippen LogP contribution in [0.3, 0.4) is 0 Å². The van der Waals surface area contributed by atoms with E-state index in [0.29, 0.717) is 24.7 Å². The predicted octanol–water partition coefficient (Wildman–Crippen LogP) is 4.21. The second-order valence-corrected chi connectivity index (χ2v) is 5.06. The minimum atomic E-state index is -0.646. The molecule has 0 aliphatic carbocycles. The summed E-state index contributed by atoms with van der Waals surface area (Å²) in [6.45, 7) is 3.35. The van der Waals surface area contributed by atoms with Crippen LogP contribution in [-0.2, 0) is 9.47 Å². The Labute approximate surface area is 112 Å².